The van der Waals surface area contributed by atoms with E-state index in [0.29, 0.717) is 10.7 Å². The van der Waals surface area contributed by atoms with Crippen LogP contribution in [0.3, 0.4) is 0 Å². The van der Waals surface area contributed by atoms with Crippen LogP contribution in [0.25, 0.3) is 0 Å². The third kappa shape index (κ3) is 3.13. The fourth-order valence-corrected chi connectivity index (χ4v) is 2.08. The zero-order valence-electron chi connectivity index (χ0n) is 9.45. The minimum atomic E-state index is -0.430. The van der Waals surface area contributed by atoms with Crippen LogP contribution in [0.1, 0.15) is 10.4 Å². The first-order valence-corrected chi connectivity index (χ1v) is 6.36. The molecule has 2 N–H and O–H groups in total. The SMILES string of the molecule is O=C(Nc1ccc(O)cc1Cl)c1cccc(Cl)c1Cl. The molecule has 0 aromatic heterocycles. The summed E-state index contributed by atoms with van der Waals surface area (Å²) in [5.41, 5.74) is 0.624. The smallest absolute Gasteiger partial charge is 0.257 e. The fourth-order valence-electron chi connectivity index (χ4n) is 1.47. The molecule has 0 aliphatic heterocycles. The second kappa shape index (κ2) is 5.70. The van der Waals surface area contributed by atoms with E-state index in [0.717, 1.165) is 0 Å². The molecule has 0 unspecified atom stereocenters. The third-order valence-corrected chi connectivity index (χ3v) is 3.53. The summed E-state index contributed by atoms with van der Waals surface area (Å²) < 4.78 is 0. The normalized spacial score (nSPS) is 10.3. The largest absolute Gasteiger partial charge is 0.508 e. The standard InChI is InChI=1S/C13H8Cl3NO2/c14-9-3-1-2-8(12(9)16)13(19)17-11-5-4-7(18)6-10(11)15/h1-6,18H,(H,17,19). The molecule has 0 atom stereocenters. The monoisotopic (exact) mass is 315 g/mol. The number of phenols is 1. The van der Waals surface area contributed by atoms with Crippen molar-refractivity contribution in [2.24, 2.45) is 0 Å². The van der Waals surface area contributed by atoms with Gasteiger partial charge in [0.25, 0.3) is 5.91 Å². The van der Waals surface area contributed by atoms with Crippen LogP contribution in [0.2, 0.25) is 15.1 Å². The summed E-state index contributed by atoms with van der Waals surface area (Å²) in [5, 5.41) is 12.5. The molecular formula is C13H8Cl3NO2. The summed E-state index contributed by atoms with van der Waals surface area (Å²) in [6.07, 6.45) is 0. The average Bonchev–Trinajstić information content (AvgIpc) is 2.36. The van der Waals surface area contributed by atoms with E-state index in [1.165, 1.54) is 18.2 Å². The number of phenolic OH excluding ortho intramolecular Hbond substituents is 1. The van der Waals surface area contributed by atoms with Gasteiger partial charge in [0, 0.05) is 6.07 Å². The van der Waals surface area contributed by atoms with Gasteiger partial charge in [0.2, 0.25) is 0 Å². The molecule has 0 bridgehead atoms. The zero-order chi connectivity index (χ0) is 14.0. The molecule has 2 rings (SSSR count). The molecule has 19 heavy (non-hydrogen) atoms. The highest BCUT2D eigenvalue weighted by molar-refractivity contribution is 6.44. The summed E-state index contributed by atoms with van der Waals surface area (Å²) in [7, 11) is 0. The number of benzene rings is 2. The Morgan fingerprint density at radius 3 is 2.47 bits per heavy atom. The number of anilines is 1. The van der Waals surface area contributed by atoms with E-state index in [1.54, 1.807) is 18.2 Å². The Hall–Kier alpha value is -1.42. The highest BCUT2D eigenvalue weighted by Crippen LogP contribution is 2.29. The zero-order valence-corrected chi connectivity index (χ0v) is 11.7. The molecule has 2 aromatic rings. The molecule has 0 radical (unpaired) electrons. The summed E-state index contributed by atoms with van der Waals surface area (Å²) in [4.78, 5) is 12.0. The first kappa shape index (κ1) is 14.0. The number of hydrogen-bond donors (Lipinski definition) is 2. The van der Waals surface area contributed by atoms with Crippen molar-refractivity contribution in [2.75, 3.05) is 5.32 Å². The van der Waals surface area contributed by atoms with E-state index in [-0.39, 0.29) is 21.4 Å². The Morgan fingerprint density at radius 1 is 1.05 bits per heavy atom. The van der Waals surface area contributed by atoms with Crippen molar-refractivity contribution in [3.63, 3.8) is 0 Å². The average molecular weight is 317 g/mol. The maximum atomic E-state index is 12.0. The van der Waals surface area contributed by atoms with Gasteiger partial charge in [-0.05, 0) is 24.3 Å². The number of rotatable bonds is 2. The van der Waals surface area contributed by atoms with Crippen molar-refractivity contribution < 1.29 is 9.90 Å². The van der Waals surface area contributed by atoms with Gasteiger partial charge in [0.05, 0.1) is 26.3 Å². The van der Waals surface area contributed by atoms with Gasteiger partial charge in [0.15, 0.2) is 0 Å². The minimum Gasteiger partial charge on any atom is -0.508 e. The lowest BCUT2D eigenvalue weighted by Crippen LogP contribution is -2.12. The molecule has 98 valence electrons. The Bertz CT molecular complexity index is 644. The first-order valence-electron chi connectivity index (χ1n) is 5.23. The molecule has 0 heterocycles. The van der Waals surface area contributed by atoms with E-state index >= 15 is 0 Å². The topological polar surface area (TPSA) is 49.3 Å². The van der Waals surface area contributed by atoms with Crippen LogP contribution in [0, 0.1) is 0 Å². The Morgan fingerprint density at radius 2 is 1.79 bits per heavy atom. The lowest BCUT2D eigenvalue weighted by Gasteiger charge is -2.09. The second-order valence-electron chi connectivity index (χ2n) is 3.72. The maximum Gasteiger partial charge on any atom is 0.257 e. The predicted molar refractivity (Wildman–Crippen MR) is 77.5 cm³/mol. The van der Waals surface area contributed by atoms with E-state index in [9.17, 15) is 9.90 Å². The van der Waals surface area contributed by atoms with Crippen LogP contribution in [0.5, 0.6) is 5.75 Å². The van der Waals surface area contributed by atoms with Gasteiger partial charge < -0.3 is 10.4 Å². The molecule has 0 aliphatic rings. The molecule has 3 nitrogen and oxygen atoms in total. The van der Waals surface area contributed by atoms with Gasteiger partial charge >= 0.3 is 0 Å². The molecule has 6 heteroatoms. The van der Waals surface area contributed by atoms with Gasteiger partial charge in [-0.25, -0.2) is 0 Å². The van der Waals surface area contributed by atoms with Gasteiger partial charge in [0.1, 0.15) is 5.75 Å². The third-order valence-electron chi connectivity index (χ3n) is 2.40. The van der Waals surface area contributed by atoms with Crippen LogP contribution >= 0.6 is 34.8 Å². The number of hydrogen-bond acceptors (Lipinski definition) is 2. The van der Waals surface area contributed by atoms with Crippen LogP contribution < -0.4 is 5.32 Å². The molecular weight excluding hydrogens is 309 g/mol. The van der Waals surface area contributed by atoms with Gasteiger partial charge in [-0.3, -0.25) is 4.79 Å². The number of aromatic hydroxyl groups is 1. The Labute approximate surface area is 124 Å². The van der Waals surface area contributed by atoms with Gasteiger partial charge in [-0.1, -0.05) is 40.9 Å². The summed E-state index contributed by atoms with van der Waals surface area (Å²) in [6.45, 7) is 0. The highest BCUT2D eigenvalue weighted by atomic mass is 35.5. The molecule has 0 saturated carbocycles. The van der Waals surface area contributed by atoms with Crippen LogP contribution in [-0.2, 0) is 0 Å². The van der Waals surface area contributed by atoms with E-state index in [1.807, 2.05) is 0 Å². The molecule has 0 aliphatic carbocycles. The molecule has 0 saturated heterocycles. The van der Waals surface area contributed by atoms with Crippen molar-refractivity contribution >= 4 is 46.4 Å². The number of carbonyl (C=O) groups is 1. The van der Waals surface area contributed by atoms with Crippen molar-refractivity contribution in [1.29, 1.82) is 0 Å². The second-order valence-corrected chi connectivity index (χ2v) is 4.91. The van der Waals surface area contributed by atoms with Crippen molar-refractivity contribution in [3.8, 4) is 5.75 Å². The number of halogens is 3. The summed E-state index contributed by atoms with van der Waals surface area (Å²) >= 11 is 17.7. The summed E-state index contributed by atoms with van der Waals surface area (Å²) in [5.74, 6) is -0.413. The van der Waals surface area contributed by atoms with E-state index in [2.05, 4.69) is 5.32 Å². The first-order chi connectivity index (χ1) is 8.99. The van der Waals surface area contributed by atoms with E-state index in [4.69, 9.17) is 34.8 Å². The van der Waals surface area contributed by atoms with Gasteiger partial charge in [-0.15, -0.1) is 0 Å². The van der Waals surface area contributed by atoms with Crippen molar-refractivity contribution in [2.45, 2.75) is 0 Å². The number of amides is 1. The number of nitrogens with one attached hydrogen (secondary N) is 1. The molecule has 0 fully saturated rings. The Kier molecular flexibility index (Phi) is 4.20. The van der Waals surface area contributed by atoms with Crippen molar-refractivity contribution in [1.82, 2.24) is 0 Å². The van der Waals surface area contributed by atoms with Crippen LogP contribution in [0.4, 0.5) is 5.69 Å². The Balaban J connectivity index is 2.28. The molecule has 2 aromatic carbocycles. The lowest BCUT2D eigenvalue weighted by molar-refractivity contribution is 0.102. The summed E-state index contributed by atoms with van der Waals surface area (Å²) in [6, 6.07) is 9.01. The maximum absolute atomic E-state index is 12.0. The van der Waals surface area contributed by atoms with Gasteiger partial charge in [-0.2, -0.15) is 0 Å². The van der Waals surface area contributed by atoms with Crippen LogP contribution in [-0.4, -0.2) is 11.0 Å². The number of carbonyl (C=O) groups excluding carboxylic acids is 1. The lowest BCUT2D eigenvalue weighted by atomic mass is 10.2. The predicted octanol–water partition coefficient (Wildman–Crippen LogP) is 4.60. The van der Waals surface area contributed by atoms with Crippen LogP contribution in [0.15, 0.2) is 36.4 Å². The highest BCUT2D eigenvalue weighted by Gasteiger charge is 2.14. The quantitative estimate of drug-likeness (QED) is 0.795. The minimum absolute atomic E-state index is 0.0174. The fraction of sp³-hybridized carbons (Fsp3) is 0. The molecule has 0 spiro atoms. The van der Waals surface area contributed by atoms with Crippen molar-refractivity contribution in [3.05, 3.63) is 57.0 Å². The molecule has 1 amide bonds. The van der Waals surface area contributed by atoms with E-state index < -0.39 is 5.91 Å².